The molecule has 0 heterocycles. The number of ketones is 4. The number of methoxy groups -OCH3 is 4. The van der Waals surface area contributed by atoms with E-state index in [1.165, 1.54) is 0 Å². The molecule has 0 aromatic carbocycles. The Morgan fingerprint density at radius 2 is 0.500 bits per heavy atom. The SMILES string of the molecule is COC1=C[C@@]2(C)CCCCCCC3=CC(OC)=C[C@](C)(CCCCCCC(=C1)C2=O)C3=O.COC1=C[C@@]2(C)CCCCCCC3=CC(OC)=C[C@](C)(CCCCCCC(=C1)C2=O)C3=O. The summed E-state index contributed by atoms with van der Waals surface area (Å²) in [5, 5.41) is 0. The monoisotopic (exact) mass is 881 g/mol. The molecule has 0 amide bonds. The van der Waals surface area contributed by atoms with Crippen molar-refractivity contribution in [2.75, 3.05) is 28.4 Å². The lowest BCUT2D eigenvalue weighted by Gasteiger charge is -2.31. The van der Waals surface area contributed by atoms with Crippen LogP contribution in [-0.2, 0) is 38.1 Å². The molecule has 0 radical (unpaired) electrons. The highest BCUT2D eigenvalue weighted by atomic mass is 16.5. The fourth-order valence-corrected chi connectivity index (χ4v) is 10.7. The first-order valence-electron chi connectivity index (χ1n) is 24.7. The van der Waals surface area contributed by atoms with Gasteiger partial charge < -0.3 is 18.9 Å². The quantitative estimate of drug-likeness (QED) is 0.275. The maximum absolute atomic E-state index is 13.2. The molecule has 0 N–H and O–H groups in total. The molecule has 0 aliphatic heterocycles. The predicted octanol–water partition coefficient (Wildman–Crippen LogP) is 13.5. The molecule has 64 heavy (non-hydrogen) atoms. The maximum Gasteiger partial charge on any atom is 0.168 e. The summed E-state index contributed by atoms with van der Waals surface area (Å²) < 4.78 is 22.1. The van der Waals surface area contributed by atoms with Gasteiger partial charge in [0.15, 0.2) is 23.1 Å². The minimum Gasteiger partial charge on any atom is -0.497 e. The number of fused-ring (bicyclic) bond motifs is 8. The number of Topliss-reactive ketones (excluding diaryl/α,β-unsaturated/α-hetero) is 4. The summed E-state index contributed by atoms with van der Waals surface area (Å²) in [4.78, 5) is 53.0. The van der Waals surface area contributed by atoms with Gasteiger partial charge in [-0.1, -0.05) is 77.0 Å². The largest absolute Gasteiger partial charge is 0.497 e. The van der Waals surface area contributed by atoms with Crippen LogP contribution in [0.2, 0.25) is 0 Å². The van der Waals surface area contributed by atoms with Crippen LogP contribution in [0.3, 0.4) is 0 Å². The van der Waals surface area contributed by atoms with Crippen LogP contribution in [0.4, 0.5) is 0 Å². The molecular formula is C56H80O8. The first-order valence-corrected chi connectivity index (χ1v) is 24.7. The fourth-order valence-electron chi connectivity index (χ4n) is 10.7. The lowest BCUT2D eigenvalue weighted by molar-refractivity contribution is -0.123. The average molecular weight is 881 g/mol. The molecule has 0 aromatic rings. The standard InChI is InChI=1S/2C28H40O4/c2*1-27-15-11-7-5-10-14-22-18-24(32-4)20-28(2,26(22)30)16-12-8-6-9-13-21(25(27)29)17-23(19-27)31-3/h2*17-20H,5-16H2,1-4H3/t2*27-,28+. The molecule has 6 aliphatic rings. The molecule has 0 saturated heterocycles. The third-order valence-electron chi connectivity index (χ3n) is 14.9. The van der Waals surface area contributed by atoms with Crippen LogP contribution in [0.15, 0.2) is 93.9 Å². The van der Waals surface area contributed by atoms with Crippen molar-refractivity contribution in [2.24, 2.45) is 21.7 Å². The third kappa shape index (κ3) is 13.0. The summed E-state index contributed by atoms with van der Waals surface area (Å²) >= 11 is 0. The van der Waals surface area contributed by atoms with Crippen LogP contribution in [-0.4, -0.2) is 51.6 Å². The predicted molar refractivity (Wildman–Crippen MR) is 256 cm³/mol. The fraction of sp³-hybridized carbons (Fsp3) is 0.643. The summed E-state index contributed by atoms with van der Waals surface area (Å²) in [5.74, 6) is 4.38. The number of allylic oxidation sites excluding steroid dienone is 12. The highest BCUT2D eigenvalue weighted by Crippen LogP contribution is 2.42. The summed E-state index contributed by atoms with van der Waals surface area (Å²) in [6.07, 6.45) is 38.8. The van der Waals surface area contributed by atoms with Crippen LogP contribution >= 0.6 is 0 Å². The van der Waals surface area contributed by atoms with Crippen molar-refractivity contribution in [3.05, 3.63) is 93.9 Å². The number of carbonyl (C=O) groups is 4. The van der Waals surface area contributed by atoms with Crippen LogP contribution in [0, 0.1) is 21.7 Å². The van der Waals surface area contributed by atoms with Gasteiger partial charge in [0.25, 0.3) is 0 Å². The number of hydrogen-bond donors (Lipinski definition) is 0. The van der Waals surface area contributed by atoms with Gasteiger partial charge in [-0.3, -0.25) is 19.2 Å². The van der Waals surface area contributed by atoms with Gasteiger partial charge in [0.1, 0.15) is 23.0 Å². The van der Waals surface area contributed by atoms with Gasteiger partial charge >= 0.3 is 0 Å². The molecule has 8 nitrogen and oxygen atoms in total. The van der Waals surface area contributed by atoms with Crippen molar-refractivity contribution in [1.82, 2.24) is 0 Å². The Labute approximate surface area is 385 Å². The molecule has 8 bridgehead atoms. The second kappa shape index (κ2) is 23.3. The van der Waals surface area contributed by atoms with E-state index >= 15 is 0 Å². The first kappa shape index (κ1) is 50.8. The van der Waals surface area contributed by atoms with E-state index in [-0.39, 0.29) is 23.1 Å². The molecule has 0 unspecified atom stereocenters. The average Bonchev–Trinajstić information content (AvgIpc) is 3.28. The lowest BCUT2D eigenvalue weighted by atomic mass is 9.72. The Morgan fingerprint density at radius 3 is 0.688 bits per heavy atom. The topological polar surface area (TPSA) is 105 Å². The van der Waals surface area contributed by atoms with Gasteiger partial charge in [-0.2, -0.15) is 0 Å². The normalized spacial score (nSPS) is 30.8. The van der Waals surface area contributed by atoms with Crippen LogP contribution in [0.25, 0.3) is 0 Å². The van der Waals surface area contributed by atoms with Crippen LogP contribution < -0.4 is 0 Å². The first-order chi connectivity index (χ1) is 30.6. The van der Waals surface area contributed by atoms with Crippen molar-refractivity contribution in [3.8, 4) is 0 Å². The molecule has 6 rings (SSSR count). The number of carbonyl (C=O) groups excluding carboxylic acids is 4. The van der Waals surface area contributed by atoms with E-state index in [0.717, 1.165) is 199 Å². The van der Waals surface area contributed by atoms with E-state index in [1.807, 2.05) is 48.6 Å². The maximum atomic E-state index is 13.2. The van der Waals surface area contributed by atoms with E-state index < -0.39 is 21.7 Å². The van der Waals surface area contributed by atoms with Crippen molar-refractivity contribution in [1.29, 1.82) is 0 Å². The van der Waals surface area contributed by atoms with Gasteiger partial charge in [0.2, 0.25) is 0 Å². The van der Waals surface area contributed by atoms with Crippen molar-refractivity contribution in [2.45, 2.75) is 182 Å². The Bertz CT molecular complexity index is 1690. The molecule has 8 heteroatoms. The Kier molecular flexibility index (Phi) is 18.5. The van der Waals surface area contributed by atoms with E-state index in [2.05, 4.69) is 27.7 Å². The van der Waals surface area contributed by atoms with Gasteiger partial charge in [0.05, 0.1) is 50.1 Å². The number of ether oxygens (including phenoxy) is 4. The highest BCUT2D eigenvalue weighted by Gasteiger charge is 2.39. The summed E-state index contributed by atoms with van der Waals surface area (Å²) in [7, 11) is 6.74. The zero-order chi connectivity index (χ0) is 46.4. The second-order valence-corrected chi connectivity index (χ2v) is 20.3. The second-order valence-electron chi connectivity index (χ2n) is 20.3. The summed E-state index contributed by atoms with van der Waals surface area (Å²) in [6.45, 7) is 8.24. The van der Waals surface area contributed by atoms with Crippen molar-refractivity contribution >= 4 is 23.1 Å². The molecule has 0 spiro atoms. The highest BCUT2D eigenvalue weighted by molar-refractivity contribution is 6.04. The van der Waals surface area contributed by atoms with E-state index in [4.69, 9.17) is 18.9 Å². The zero-order valence-corrected chi connectivity index (χ0v) is 40.9. The molecular weight excluding hydrogens is 801 g/mol. The van der Waals surface area contributed by atoms with E-state index in [9.17, 15) is 19.2 Å². The molecule has 6 aliphatic carbocycles. The smallest absolute Gasteiger partial charge is 0.168 e. The lowest BCUT2D eigenvalue weighted by Crippen LogP contribution is -2.31. The van der Waals surface area contributed by atoms with Crippen LogP contribution in [0.1, 0.15) is 182 Å². The molecule has 0 aromatic heterocycles. The zero-order valence-electron chi connectivity index (χ0n) is 40.9. The summed E-state index contributed by atoms with van der Waals surface area (Å²) in [5.41, 5.74) is 1.75. The van der Waals surface area contributed by atoms with Gasteiger partial charge in [-0.25, -0.2) is 0 Å². The minimum absolute atomic E-state index is 0.273. The number of rotatable bonds is 4. The van der Waals surface area contributed by atoms with Gasteiger partial charge in [0, 0.05) is 0 Å². The Hall–Kier alpha value is -4.20. The summed E-state index contributed by atoms with van der Waals surface area (Å²) in [6, 6.07) is 0. The van der Waals surface area contributed by atoms with Gasteiger partial charge in [-0.05, 0) is 176 Å². The molecule has 4 atom stereocenters. The van der Waals surface area contributed by atoms with Gasteiger partial charge in [-0.15, -0.1) is 0 Å². The van der Waals surface area contributed by atoms with E-state index in [0.29, 0.717) is 0 Å². The van der Waals surface area contributed by atoms with Crippen LogP contribution in [0.5, 0.6) is 0 Å². The Morgan fingerprint density at radius 1 is 0.312 bits per heavy atom. The van der Waals surface area contributed by atoms with Crippen molar-refractivity contribution in [3.63, 3.8) is 0 Å². The minimum atomic E-state index is -0.470. The third-order valence-corrected chi connectivity index (χ3v) is 14.9. The molecule has 352 valence electrons. The van der Waals surface area contributed by atoms with E-state index in [1.54, 1.807) is 28.4 Å². The Balaban J connectivity index is 0.000000241. The molecule has 2 fully saturated rings. The number of hydrogen-bond acceptors (Lipinski definition) is 8. The van der Waals surface area contributed by atoms with Crippen molar-refractivity contribution < 1.29 is 38.1 Å². The molecule has 2 saturated carbocycles.